The number of hydrogen-bond acceptors (Lipinski definition) is 4. The quantitative estimate of drug-likeness (QED) is 0.802. The Kier molecular flexibility index (Phi) is 4.77. The van der Waals surface area contributed by atoms with Crippen molar-refractivity contribution in [2.45, 2.75) is 26.4 Å². The third kappa shape index (κ3) is 5.37. The van der Waals surface area contributed by atoms with E-state index in [9.17, 15) is 4.79 Å². The molecule has 1 aromatic rings. The summed E-state index contributed by atoms with van der Waals surface area (Å²) in [7, 11) is 0. The first-order chi connectivity index (χ1) is 7.78. The maximum absolute atomic E-state index is 11.4. The smallest absolute Gasteiger partial charge is 0.344 e. The topological polar surface area (TPSA) is 48.4 Å². The van der Waals surface area contributed by atoms with Gasteiger partial charge in [0.15, 0.2) is 6.61 Å². The summed E-state index contributed by atoms with van der Waals surface area (Å²) in [5.41, 5.74) is -0.523. The van der Waals surface area contributed by atoms with E-state index in [-0.39, 0.29) is 6.61 Å². The molecular weight excluding hydrogens is 309 g/mol. The van der Waals surface area contributed by atoms with Gasteiger partial charge in [-0.25, -0.2) is 9.78 Å². The molecule has 0 atom stereocenters. The highest BCUT2D eigenvalue weighted by atomic mass is 79.9. The molecule has 0 aliphatic rings. The number of ether oxygens (including phenoxy) is 2. The summed E-state index contributed by atoms with van der Waals surface area (Å²) in [6.07, 6.45) is 1.44. The number of halogens is 2. The highest BCUT2D eigenvalue weighted by molar-refractivity contribution is 9.10. The van der Waals surface area contributed by atoms with E-state index in [1.165, 1.54) is 6.20 Å². The molecule has 0 N–H and O–H groups in total. The number of carbonyl (C=O) groups excluding carboxylic acids is 1. The lowest BCUT2D eigenvalue weighted by atomic mass is 10.2. The molecular formula is C11H13BrClNO3. The molecule has 6 heteroatoms. The fraction of sp³-hybridized carbons (Fsp3) is 0.455. The lowest BCUT2D eigenvalue weighted by Crippen LogP contribution is -2.27. The first-order valence-corrected chi connectivity index (χ1v) is 6.11. The van der Waals surface area contributed by atoms with Gasteiger partial charge in [-0.1, -0.05) is 11.6 Å². The van der Waals surface area contributed by atoms with Crippen LogP contribution >= 0.6 is 27.5 Å². The van der Waals surface area contributed by atoms with Crippen molar-refractivity contribution < 1.29 is 14.3 Å². The second-order valence-corrected chi connectivity index (χ2v) is 5.61. The number of carbonyl (C=O) groups is 1. The van der Waals surface area contributed by atoms with Gasteiger partial charge in [0.25, 0.3) is 0 Å². The standard InChI is InChI=1S/C11H13BrClNO3/c1-11(2,3)17-9(15)6-16-10-8(12)4-7(13)5-14-10/h4-5H,6H2,1-3H3. The van der Waals surface area contributed by atoms with E-state index >= 15 is 0 Å². The predicted molar refractivity (Wildman–Crippen MR) is 68.3 cm³/mol. The Labute approximate surface area is 113 Å². The zero-order valence-corrected chi connectivity index (χ0v) is 12.1. The van der Waals surface area contributed by atoms with Crippen molar-refractivity contribution in [3.8, 4) is 5.88 Å². The van der Waals surface area contributed by atoms with E-state index in [4.69, 9.17) is 21.1 Å². The van der Waals surface area contributed by atoms with Crippen molar-refractivity contribution in [1.29, 1.82) is 0 Å². The number of pyridine rings is 1. The fourth-order valence-corrected chi connectivity index (χ4v) is 1.76. The van der Waals surface area contributed by atoms with Crippen LogP contribution in [0.2, 0.25) is 5.02 Å². The Morgan fingerprint density at radius 1 is 1.53 bits per heavy atom. The molecule has 0 aliphatic carbocycles. The monoisotopic (exact) mass is 321 g/mol. The van der Waals surface area contributed by atoms with Gasteiger partial charge in [0.05, 0.1) is 9.50 Å². The Balaban J connectivity index is 2.53. The van der Waals surface area contributed by atoms with Crippen LogP contribution in [0, 0.1) is 0 Å². The van der Waals surface area contributed by atoms with Crippen LogP contribution in [-0.4, -0.2) is 23.2 Å². The maximum atomic E-state index is 11.4. The molecule has 0 amide bonds. The van der Waals surface area contributed by atoms with Crippen molar-refractivity contribution in [2.24, 2.45) is 0 Å². The van der Waals surface area contributed by atoms with Crippen LogP contribution in [0.25, 0.3) is 0 Å². The van der Waals surface area contributed by atoms with Crippen molar-refractivity contribution >= 4 is 33.5 Å². The van der Waals surface area contributed by atoms with Gasteiger partial charge < -0.3 is 9.47 Å². The third-order valence-electron chi connectivity index (χ3n) is 1.52. The summed E-state index contributed by atoms with van der Waals surface area (Å²) >= 11 is 8.96. The van der Waals surface area contributed by atoms with Crippen LogP contribution in [0.3, 0.4) is 0 Å². The summed E-state index contributed by atoms with van der Waals surface area (Å²) in [6, 6.07) is 1.64. The molecule has 17 heavy (non-hydrogen) atoms. The third-order valence-corrected chi connectivity index (χ3v) is 2.30. The summed E-state index contributed by atoms with van der Waals surface area (Å²) < 4.78 is 10.9. The SMILES string of the molecule is CC(C)(C)OC(=O)COc1ncc(Cl)cc1Br. The molecule has 0 aliphatic heterocycles. The van der Waals surface area contributed by atoms with E-state index in [0.717, 1.165) is 0 Å². The lowest BCUT2D eigenvalue weighted by molar-refractivity contribution is -0.157. The van der Waals surface area contributed by atoms with E-state index < -0.39 is 11.6 Å². The Morgan fingerprint density at radius 2 is 2.18 bits per heavy atom. The first kappa shape index (κ1) is 14.3. The lowest BCUT2D eigenvalue weighted by Gasteiger charge is -2.19. The summed E-state index contributed by atoms with van der Waals surface area (Å²) in [5.74, 6) is -0.138. The van der Waals surface area contributed by atoms with Crippen molar-refractivity contribution in [3.05, 3.63) is 21.8 Å². The first-order valence-electron chi connectivity index (χ1n) is 4.93. The minimum Gasteiger partial charge on any atom is -0.465 e. The molecule has 94 valence electrons. The van der Waals surface area contributed by atoms with Crippen LogP contribution in [0.15, 0.2) is 16.7 Å². The molecule has 1 heterocycles. The van der Waals surface area contributed by atoms with Crippen LogP contribution in [0.1, 0.15) is 20.8 Å². The second-order valence-electron chi connectivity index (χ2n) is 4.32. The average molecular weight is 323 g/mol. The largest absolute Gasteiger partial charge is 0.465 e. The van der Waals surface area contributed by atoms with Crippen LogP contribution < -0.4 is 4.74 Å². The Morgan fingerprint density at radius 3 is 2.71 bits per heavy atom. The molecule has 1 rings (SSSR count). The summed E-state index contributed by atoms with van der Waals surface area (Å²) in [5, 5.41) is 0.487. The predicted octanol–water partition coefficient (Wildman–Crippen LogP) is 3.22. The average Bonchev–Trinajstić information content (AvgIpc) is 2.13. The molecule has 0 aromatic carbocycles. The van der Waals surface area contributed by atoms with E-state index in [2.05, 4.69) is 20.9 Å². The molecule has 1 aromatic heterocycles. The van der Waals surface area contributed by atoms with Crippen molar-refractivity contribution in [1.82, 2.24) is 4.98 Å². The van der Waals surface area contributed by atoms with E-state index in [1.807, 2.05) is 0 Å². The Bertz CT molecular complexity index is 418. The molecule has 4 nitrogen and oxygen atoms in total. The Hall–Kier alpha value is -0.810. The van der Waals surface area contributed by atoms with E-state index in [0.29, 0.717) is 15.4 Å². The molecule has 0 saturated heterocycles. The summed E-state index contributed by atoms with van der Waals surface area (Å²) in [6.45, 7) is 5.19. The highest BCUT2D eigenvalue weighted by Gasteiger charge is 2.17. The summed E-state index contributed by atoms with van der Waals surface area (Å²) in [4.78, 5) is 15.3. The van der Waals surface area contributed by atoms with Crippen LogP contribution in [-0.2, 0) is 9.53 Å². The molecule has 0 fully saturated rings. The number of nitrogens with zero attached hydrogens (tertiary/aromatic N) is 1. The van der Waals surface area contributed by atoms with Gasteiger partial charge in [0.2, 0.25) is 5.88 Å². The zero-order chi connectivity index (χ0) is 13.1. The van der Waals surface area contributed by atoms with Crippen molar-refractivity contribution in [3.63, 3.8) is 0 Å². The minimum atomic E-state index is -0.523. The van der Waals surface area contributed by atoms with E-state index in [1.54, 1.807) is 26.8 Å². The van der Waals surface area contributed by atoms with Gasteiger partial charge in [-0.05, 0) is 42.8 Å². The number of aromatic nitrogens is 1. The van der Waals surface area contributed by atoms with Gasteiger partial charge >= 0.3 is 5.97 Å². The molecule has 0 unspecified atom stereocenters. The van der Waals surface area contributed by atoms with Gasteiger partial charge in [0, 0.05) is 6.20 Å². The number of hydrogen-bond donors (Lipinski definition) is 0. The van der Waals surface area contributed by atoms with Crippen LogP contribution in [0.4, 0.5) is 0 Å². The minimum absolute atomic E-state index is 0.190. The van der Waals surface area contributed by atoms with Gasteiger partial charge in [-0.3, -0.25) is 0 Å². The molecule has 0 radical (unpaired) electrons. The molecule has 0 bridgehead atoms. The maximum Gasteiger partial charge on any atom is 0.344 e. The molecule has 0 spiro atoms. The van der Waals surface area contributed by atoms with Gasteiger partial charge in [0.1, 0.15) is 5.60 Å². The van der Waals surface area contributed by atoms with Gasteiger partial charge in [-0.2, -0.15) is 0 Å². The number of rotatable bonds is 3. The van der Waals surface area contributed by atoms with Crippen LogP contribution in [0.5, 0.6) is 5.88 Å². The normalized spacial score (nSPS) is 11.1. The number of esters is 1. The highest BCUT2D eigenvalue weighted by Crippen LogP contribution is 2.25. The zero-order valence-electron chi connectivity index (χ0n) is 9.79. The van der Waals surface area contributed by atoms with Crippen molar-refractivity contribution in [2.75, 3.05) is 6.61 Å². The molecule has 0 saturated carbocycles. The fourth-order valence-electron chi connectivity index (χ4n) is 1.01. The van der Waals surface area contributed by atoms with Gasteiger partial charge in [-0.15, -0.1) is 0 Å². The second kappa shape index (κ2) is 5.69.